The van der Waals surface area contributed by atoms with Crippen LogP contribution < -0.4 is 0 Å². The van der Waals surface area contributed by atoms with Crippen molar-refractivity contribution in [2.45, 2.75) is 47.5 Å². The summed E-state index contributed by atoms with van der Waals surface area (Å²) >= 11 is 0. The van der Waals surface area contributed by atoms with Crippen molar-refractivity contribution in [1.82, 2.24) is 0 Å². The third kappa shape index (κ3) is 7.64. The molecule has 0 amide bonds. The Morgan fingerprint density at radius 1 is 0.434 bits per heavy atom. The molecule has 8 aromatic rings. The van der Waals surface area contributed by atoms with Crippen LogP contribution in [0.4, 0.5) is 0 Å². The lowest BCUT2D eigenvalue weighted by Crippen LogP contribution is -1.90. The lowest BCUT2D eigenvalue weighted by molar-refractivity contribution is 0.886. The molecule has 0 heteroatoms. The zero-order valence-electron chi connectivity index (χ0n) is 31.7. The number of benzene rings is 8. The first kappa shape index (κ1) is 35.4. The Bertz CT molecular complexity index is 2580. The average Bonchev–Trinajstić information content (AvgIpc) is 3.21. The molecule has 8 aromatic carbocycles. The highest BCUT2D eigenvalue weighted by Gasteiger charge is 2.12. The van der Waals surface area contributed by atoms with Crippen LogP contribution in [0.3, 0.4) is 0 Å². The van der Waals surface area contributed by atoms with E-state index in [0.717, 1.165) is 0 Å². The molecule has 8 rings (SSSR count). The van der Waals surface area contributed by atoms with E-state index in [1.807, 2.05) is 13.0 Å². The van der Waals surface area contributed by atoms with Gasteiger partial charge < -0.3 is 0 Å². The van der Waals surface area contributed by atoms with Gasteiger partial charge in [-0.15, -0.1) is 0 Å². The minimum Gasteiger partial charge on any atom is -0.0877 e. The Morgan fingerprint density at radius 3 is 1.51 bits per heavy atom. The Labute approximate surface area is 315 Å². The highest BCUT2D eigenvalue weighted by atomic mass is 14.2. The van der Waals surface area contributed by atoms with Crippen molar-refractivity contribution < 1.29 is 0 Å². The van der Waals surface area contributed by atoms with Gasteiger partial charge in [0.25, 0.3) is 0 Å². The molecule has 0 unspecified atom stereocenters. The first-order valence-electron chi connectivity index (χ1n) is 19.0. The number of unbranched alkanes of at least 4 members (excludes halogenated alkanes) is 1. The summed E-state index contributed by atoms with van der Waals surface area (Å²) in [6, 6.07) is 56.0. The summed E-state index contributed by atoms with van der Waals surface area (Å²) < 4.78 is 0. The zero-order valence-corrected chi connectivity index (χ0v) is 31.7. The maximum absolute atomic E-state index is 2.38. The van der Waals surface area contributed by atoms with Crippen LogP contribution >= 0.6 is 0 Å². The smallest absolute Gasteiger partial charge is 0.00697 e. The summed E-state index contributed by atoms with van der Waals surface area (Å²) in [6.07, 6.45) is 10.9. The molecular weight excluding hydrogens is 637 g/mol. The van der Waals surface area contributed by atoms with Gasteiger partial charge in [-0.25, -0.2) is 0 Å². The Hall–Kier alpha value is -5.98. The molecule has 0 aliphatic heterocycles. The molecule has 0 aromatic heterocycles. The van der Waals surface area contributed by atoms with E-state index in [9.17, 15) is 0 Å². The number of rotatable bonds is 7. The highest BCUT2D eigenvalue weighted by molar-refractivity contribution is 6.12. The monoisotopic (exact) mass is 684 g/mol. The van der Waals surface area contributed by atoms with Gasteiger partial charge in [0.2, 0.25) is 0 Å². The van der Waals surface area contributed by atoms with Gasteiger partial charge in [-0.05, 0) is 132 Å². The minimum absolute atomic E-state index is 1.20. The summed E-state index contributed by atoms with van der Waals surface area (Å²) in [5.41, 5.74) is 13.8. The van der Waals surface area contributed by atoms with Gasteiger partial charge in [-0.3, -0.25) is 0 Å². The quantitative estimate of drug-likeness (QED) is 0.116. The molecule has 0 saturated heterocycles. The molecule has 0 spiro atoms. The Morgan fingerprint density at radius 2 is 0.925 bits per heavy atom. The van der Waals surface area contributed by atoms with Crippen LogP contribution in [0.2, 0.25) is 0 Å². The minimum atomic E-state index is 1.20. The second-order valence-electron chi connectivity index (χ2n) is 14.0. The van der Waals surface area contributed by atoms with Gasteiger partial charge in [0.05, 0.1) is 0 Å². The summed E-state index contributed by atoms with van der Waals surface area (Å²) in [4.78, 5) is 0. The second kappa shape index (κ2) is 16.1. The van der Waals surface area contributed by atoms with Crippen molar-refractivity contribution in [3.8, 4) is 44.5 Å². The van der Waals surface area contributed by atoms with Crippen LogP contribution in [-0.4, -0.2) is 0 Å². The Kier molecular flexibility index (Phi) is 10.8. The average molecular weight is 685 g/mol. The van der Waals surface area contributed by atoms with E-state index in [2.05, 4.69) is 198 Å². The number of fused-ring (bicyclic) bond motifs is 4. The van der Waals surface area contributed by atoms with E-state index in [4.69, 9.17) is 0 Å². The van der Waals surface area contributed by atoms with Crippen LogP contribution in [0.25, 0.3) is 82.9 Å². The first-order valence-corrected chi connectivity index (χ1v) is 19.0. The van der Waals surface area contributed by atoms with Crippen molar-refractivity contribution in [3.63, 3.8) is 0 Å². The van der Waals surface area contributed by atoms with Crippen LogP contribution in [0.5, 0.6) is 0 Å². The number of hydrogen-bond acceptors (Lipinski definition) is 0. The number of allylic oxidation sites excluding steroid dienone is 3. The standard InChI is InChI=1S/C49H38.C4H10/c1-4-5-6-10-35-12-14-36(15-13-35)41-24-26-44-31-42(25-27-43(44)30-41)37-16-18-38(19-17-37)45-23-21-39-20-22-40-28-29-47(34(3)49(40)48(39)32-45)46-11-8-7-9-33(46)2;1-3-4-2/h4-32H,1-3H3;3-4H2,1-2H3/b5-4-,10-6-;. The third-order valence-electron chi connectivity index (χ3n) is 10.4. The van der Waals surface area contributed by atoms with Gasteiger partial charge in [-0.2, -0.15) is 0 Å². The van der Waals surface area contributed by atoms with Gasteiger partial charge in [-0.1, -0.05) is 184 Å². The fourth-order valence-corrected chi connectivity index (χ4v) is 7.20. The van der Waals surface area contributed by atoms with Crippen LogP contribution in [0.1, 0.15) is 50.3 Å². The molecule has 0 nitrogen and oxygen atoms in total. The summed E-state index contributed by atoms with van der Waals surface area (Å²) in [7, 11) is 0. The summed E-state index contributed by atoms with van der Waals surface area (Å²) in [5.74, 6) is 0. The van der Waals surface area contributed by atoms with Gasteiger partial charge >= 0.3 is 0 Å². The first-order chi connectivity index (χ1) is 26.0. The van der Waals surface area contributed by atoms with Crippen molar-refractivity contribution in [1.29, 1.82) is 0 Å². The van der Waals surface area contributed by atoms with E-state index < -0.39 is 0 Å². The van der Waals surface area contributed by atoms with Crippen molar-refractivity contribution >= 4 is 38.4 Å². The maximum Gasteiger partial charge on any atom is -0.00697 e. The molecule has 0 aliphatic rings. The molecule has 0 aliphatic carbocycles. The molecular formula is C53H48. The molecule has 0 saturated carbocycles. The topological polar surface area (TPSA) is 0 Å². The largest absolute Gasteiger partial charge is 0.0877 e. The second-order valence-corrected chi connectivity index (χ2v) is 14.0. The van der Waals surface area contributed by atoms with Gasteiger partial charge in [0.15, 0.2) is 0 Å². The van der Waals surface area contributed by atoms with E-state index in [0.29, 0.717) is 0 Å². The molecule has 0 N–H and O–H groups in total. The van der Waals surface area contributed by atoms with E-state index in [-0.39, 0.29) is 0 Å². The molecule has 0 atom stereocenters. The van der Waals surface area contributed by atoms with Crippen molar-refractivity contribution in [3.05, 3.63) is 187 Å². The van der Waals surface area contributed by atoms with Crippen LogP contribution in [-0.2, 0) is 0 Å². The molecule has 0 heterocycles. The van der Waals surface area contributed by atoms with Crippen LogP contribution in [0.15, 0.2) is 170 Å². The molecule has 0 fully saturated rings. The van der Waals surface area contributed by atoms with Crippen LogP contribution in [0, 0.1) is 13.8 Å². The zero-order chi connectivity index (χ0) is 36.7. The van der Waals surface area contributed by atoms with E-state index in [1.54, 1.807) is 0 Å². The van der Waals surface area contributed by atoms with E-state index >= 15 is 0 Å². The normalized spacial score (nSPS) is 11.5. The van der Waals surface area contributed by atoms with Gasteiger partial charge in [0, 0.05) is 0 Å². The molecule has 0 radical (unpaired) electrons. The molecule has 53 heavy (non-hydrogen) atoms. The number of aryl methyl sites for hydroxylation is 2. The maximum atomic E-state index is 2.38. The Balaban J connectivity index is 0.00000104. The SMILES string of the molecule is C/C=C\C=C/c1ccc(-c2ccc3cc(-c4ccc(-c5ccc6ccc7ccc(-c8ccccc8C)c(C)c7c6c5)cc4)ccc3c2)cc1.CCCC. The molecule has 0 bridgehead atoms. The summed E-state index contributed by atoms with van der Waals surface area (Å²) in [5, 5.41) is 7.69. The fourth-order valence-electron chi connectivity index (χ4n) is 7.20. The molecule has 260 valence electrons. The third-order valence-corrected chi connectivity index (χ3v) is 10.4. The predicted molar refractivity (Wildman–Crippen MR) is 235 cm³/mol. The lowest BCUT2D eigenvalue weighted by atomic mass is 9.89. The van der Waals surface area contributed by atoms with Crippen molar-refractivity contribution in [2.24, 2.45) is 0 Å². The summed E-state index contributed by atoms with van der Waals surface area (Å²) in [6.45, 7) is 10.9. The fraction of sp³-hybridized carbons (Fsp3) is 0.132. The lowest BCUT2D eigenvalue weighted by Gasteiger charge is -2.15. The predicted octanol–water partition coefficient (Wildman–Crippen LogP) is 15.8. The number of hydrogen-bond donors (Lipinski definition) is 0. The van der Waals surface area contributed by atoms with Gasteiger partial charge in [0.1, 0.15) is 0 Å². The highest BCUT2D eigenvalue weighted by Crippen LogP contribution is 2.38. The van der Waals surface area contributed by atoms with E-state index in [1.165, 1.54) is 106 Å². The van der Waals surface area contributed by atoms with Crippen molar-refractivity contribution in [2.75, 3.05) is 0 Å².